The van der Waals surface area contributed by atoms with Gasteiger partial charge in [0.15, 0.2) is 6.79 Å². The van der Waals surface area contributed by atoms with E-state index in [1.54, 1.807) is 0 Å². The zero-order chi connectivity index (χ0) is 46.6. The van der Waals surface area contributed by atoms with Gasteiger partial charge in [0.25, 0.3) is 5.91 Å². The summed E-state index contributed by atoms with van der Waals surface area (Å²) in [6.07, 6.45) is 13.6. The van der Waals surface area contributed by atoms with Crippen molar-refractivity contribution in [1.82, 2.24) is 40.4 Å². The van der Waals surface area contributed by atoms with E-state index in [0.717, 1.165) is 104 Å². The van der Waals surface area contributed by atoms with Gasteiger partial charge in [0.05, 0.1) is 43.0 Å². The van der Waals surface area contributed by atoms with E-state index in [2.05, 4.69) is 61.9 Å². The Labute approximate surface area is 401 Å². The molecular weight excluding hydrogens is 869 g/mol. The van der Waals surface area contributed by atoms with Gasteiger partial charge in [0.1, 0.15) is 23.7 Å². The average Bonchev–Trinajstić information content (AvgIpc) is 4.23. The number of alkyl carbamates (subject to hydrolysis) is 1. The van der Waals surface area contributed by atoms with Crippen molar-refractivity contribution in [1.29, 1.82) is 0 Å². The number of amides is 3. The van der Waals surface area contributed by atoms with E-state index in [9.17, 15) is 14.4 Å². The third kappa shape index (κ3) is 8.11. The summed E-state index contributed by atoms with van der Waals surface area (Å²) in [4.78, 5) is 63.5. The minimum Gasteiger partial charge on any atom is -0.453 e. The summed E-state index contributed by atoms with van der Waals surface area (Å²) in [6.45, 7) is 0.213. The Bertz CT molecular complexity index is 2860. The SMILES string of the molecule is COC(=O)N[C@@H](C(=O)N1[C@@H]2CCCC[C@@H]2C[C@H]1c1ncc(-c2ccc3c(c2)Cc2cc(-c4cnc([C@@H]5C[C@H]6CCCC[C@H]6N5C(=O)[C@H](NC5OCO5)c5ccccc5)[nH]4)ccc2-3)[nH]1)c1ccccc1. The van der Waals surface area contributed by atoms with E-state index < -0.39 is 24.6 Å². The van der Waals surface area contributed by atoms with Crippen molar-refractivity contribution in [2.45, 2.75) is 113 Å². The van der Waals surface area contributed by atoms with Crippen molar-refractivity contribution in [3.05, 3.63) is 143 Å². The molecule has 12 rings (SSSR count). The Morgan fingerprint density at radius 1 is 0.652 bits per heavy atom. The molecule has 14 heteroatoms. The average molecular weight is 927 g/mol. The van der Waals surface area contributed by atoms with Gasteiger partial charge in [-0.1, -0.05) is 111 Å². The van der Waals surface area contributed by atoms with Crippen LogP contribution < -0.4 is 10.6 Å². The molecule has 0 bridgehead atoms. The molecule has 0 radical (unpaired) electrons. The molecule has 5 heterocycles. The topological polar surface area (TPSA) is 167 Å². The summed E-state index contributed by atoms with van der Waals surface area (Å²) in [5, 5.41) is 6.17. The molecule has 4 aromatic carbocycles. The maximum absolute atomic E-state index is 14.8. The van der Waals surface area contributed by atoms with E-state index in [1.165, 1.54) is 35.8 Å². The molecule has 2 aromatic heterocycles. The number of likely N-dealkylation sites (tertiary alicyclic amines) is 2. The molecule has 69 heavy (non-hydrogen) atoms. The maximum Gasteiger partial charge on any atom is 0.407 e. The molecule has 0 spiro atoms. The molecule has 3 aliphatic heterocycles. The van der Waals surface area contributed by atoms with E-state index >= 15 is 0 Å². The van der Waals surface area contributed by atoms with Gasteiger partial charge in [-0.2, -0.15) is 0 Å². The monoisotopic (exact) mass is 926 g/mol. The molecule has 8 atom stereocenters. The Morgan fingerprint density at radius 2 is 1.14 bits per heavy atom. The first kappa shape index (κ1) is 43.7. The van der Waals surface area contributed by atoms with Crippen LogP contribution in [0.15, 0.2) is 109 Å². The number of ether oxygens (including phenoxy) is 3. The van der Waals surface area contributed by atoms with E-state index in [0.29, 0.717) is 17.4 Å². The first-order chi connectivity index (χ1) is 33.9. The lowest BCUT2D eigenvalue weighted by atomic mass is 9.84. The number of carbonyl (C=O) groups is 3. The lowest BCUT2D eigenvalue weighted by Crippen LogP contribution is -2.52. The lowest BCUT2D eigenvalue weighted by Gasteiger charge is -2.38. The quantitative estimate of drug-likeness (QED) is 0.0989. The van der Waals surface area contributed by atoms with Gasteiger partial charge in [0.2, 0.25) is 12.3 Å². The summed E-state index contributed by atoms with van der Waals surface area (Å²) < 4.78 is 16.1. The molecular formula is C55H58N8O6. The standard InChI is InChI=1S/C55H58N8O6/c1-67-54(66)60-48(32-12-4-2-5-13-32)52(64)62-44-18-10-8-16-36(44)27-46(62)50-56-29-42(58-50)34-20-22-40-38(24-34)26-39-25-35(21-23-41(39)40)43-30-57-51(59-43)47-28-37-17-9-11-19-45(37)63(47)53(65)49(61-55-68-31-69-55)33-14-6-3-7-15-33/h2-7,12-15,20-25,29-30,36-37,44-49,55,61H,8-11,16-19,26-28,31H2,1H3,(H,56,58)(H,57,59)(H,60,66)/t36-,37-,44-,45-,46+,47+,48-,49-/m1/s1. The van der Waals surface area contributed by atoms with Crippen molar-refractivity contribution < 1.29 is 28.6 Å². The highest BCUT2D eigenvalue weighted by Crippen LogP contribution is 2.49. The number of nitrogens with one attached hydrogen (secondary N) is 4. The number of methoxy groups -OCH3 is 1. The van der Waals surface area contributed by atoms with Gasteiger partial charge >= 0.3 is 6.09 Å². The van der Waals surface area contributed by atoms with E-state index in [-0.39, 0.29) is 42.8 Å². The van der Waals surface area contributed by atoms with Gasteiger partial charge in [-0.15, -0.1) is 0 Å². The number of rotatable bonds is 11. The largest absolute Gasteiger partial charge is 0.453 e. The fourth-order valence-electron chi connectivity index (χ4n) is 12.6. The molecule has 3 aliphatic carbocycles. The van der Waals surface area contributed by atoms with Crippen LogP contribution in [-0.4, -0.2) is 80.0 Å². The number of hydrogen-bond donors (Lipinski definition) is 4. The van der Waals surface area contributed by atoms with Crippen LogP contribution in [0.3, 0.4) is 0 Å². The second-order valence-electron chi connectivity index (χ2n) is 19.8. The van der Waals surface area contributed by atoms with E-state index in [4.69, 9.17) is 24.2 Å². The van der Waals surface area contributed by atoms with Gasteiger partial charge in [-0.3, -0.25) is 14.9 Å². The highest BCUT2D eigenvalue weighted by Gasteiger charge is 2.50. The summed E-state index contributed by atoms with van der Waals surface area (Å²) >= 11 is 0. The number of imidazole rings is 2. The summed E-state index contributed by atoms with van der Waals surface area (Å²) in [7, 11) is 1.32. The molecule has 14 nitrogen and oxygen atoms in total. The van der Waals surface area contributed by atoms with Crippen LogP contribution in [0.25, 0.3) is 33.6 Å². The fourth-order valence-corrected chi connectivity index (χ4v) is 12.6. The van der Waals surface area contributed by atoms with Crippen LogP contribution in [0, 0.1) is 11.8 Å². The van der Waals surface area contributed by atoms with Crippen molar-refractivity contribution >= 4 is 17.9 Å². The third-order valence-corrected chi connectivity index (χ3v) is 16.0. The summed E-state index contributed by atoms with van der Waals surface area (Å²) in [6, 6.07) is 30.8. The number of fused-ring (bicyclic) bond motifs is 5. The first-order valence-electron chi connectivity index (χ1n) is 24.8. The predicted molar refractivity (Wildman–Crippen MR) is 258 cm³/mol. The van der Waals surface area contributed by atoms with Gasteiger partial charge in [-0.05, 0) is 113 Å². The molecule has 4 N–H and O–H groups in total. The second kappa shape index (κ2) is 18.4. The summed E-state index contributed by atoms with van der Waals surface area (Å²) in [5.74, 6) is 2.25. The van der Waals surface area contributed by atoms with Crippen molar-refractivity contribution in [3.8, 4) is 33.6 Å². The number of benzene rings is 4. The predicted octanol–water partition coefficient (Wildman–Crippen LogP) is 9.42. The second-order valence-corrected chi connectivity index (χ2v) is 19.8. The number of nitrogens with zero attached hydrogens (tertiary/aromatic N) is 4. The van der Waals surface area contributed by atoms with Crippen molar-refractivity contribution in [2.75, 3.05) is 13.9 Å². The van der Waals surface area contributed by atoms with Crippen LogP contribution >= 0.6 is 0 Å². The fraction of sp³-hybridized carbons (Fsp3) is 0.400. The van der Waals surface area contributed by atoms with Crippen LogP contribution in [-0.2, 0) is 30.2 Å². The zero-order valence-electron chi connectivity index (χ0n) is 38.8. The van der Waals surface area contributed by atoms with E-state index in [1.807, 2.05) is 78.0 Å². The molecule has 6 aliphatic rings. The Hall–Kier alpha value is -6.61. The molecule has 2 saturated carbocycles. The molecule has 6 aromatic rings. The minimum atomic E-state index is -0.882. The molecule has 3 amide bonds. The van der Waals surface area contributed by atoms with Crippen LogP contribution in [0.1, 0.15) is 122 Å². The van der Waals surface area contributed by atoms with Gasteiger partial charge < -0.3 is 39.3 Å². The highest BCUT2D eigenvalue weighted by atomic mass is 16.9. The van der Waals surface area contributed by atoms with Gasteiger partial charge in [0, 0.05) is 12.1 Å². The lowest BCUT2D eigenvalue weighted by molar-refractivity contribution is -0.335. The molecule has 3 saturated heterocycles. The third-order valence-electron chi connectivity index (χ3n) is 16.0. The normalized spacial score (nSPS) is 24.7. The number of aromatic amines is 2. The maximum atomic E-state index is 14.8. The van der Waals surface area contributed by atoms with Crippen molar-refractivity contribution in [2.24, 2.45) is 11.8 Å². The molecule has 5 fully saturated rings. The smallest absolute Gasteiger partial charge is 0.407 e. The minimum absolute atomic E-state index is 0.0222. The Balaban J connectivity index is 0.780. The van der Waals surface area contributed by atoms with Crippen LogP contribution in [0.4, 0.5) is 4.79 Å². The van der Waals surface area contributed by atoms with Crippen molar-refractivity contribution in [3.63, 3.8) is 0 Å². The van der Waals surface area contributed by atoms with Crippen LogP contribution in [0.2, 0.25) is 0 Å². The number of hydrogen-bond acceptors (Lipinski definition) is 9. The summed E-state index contributed by atoms with van der Waals surface area (Å²) in [5.41, 5.74) is 10.4. The molecule has 0 unspecified atom stereocenters. The number of carbonyl (C=O) groups excluding carboxylic acids is 3. The zero-order valence-corrected chi connectivity index (χ0v) is 38.8. The first-order valence-corrected chi connectivity index (χ1v) is 24.8. The Morgan fingerprint density at radius 3 is 1.64 bits per heavy atom. The highest BCUT2D eigenvalue weighted by molar-refractivity contribution is 5.88. The van der Waals surface area contributed by atoms with Crippen LogP contribution in [0.5, 0.6) is 0 Å². The number of aromatic nitrogens is 4. The van der Waals surface area contributed by atoms with Gasteiger partial charge in [-0.25, -0.2) is 14.8 Å². The number of H-pyrrole nitrogens is 2. The molecule has 354 valence electrons. The Kier molecular flexibility index (Phi) is 11.6.